The van der Waals surface area contributed by atoms with Gasteiger partial charge in [0.05, 0.1) is 13.2 Å². The summed E-state index contributed by atoms with van der Waals surface area (Å²) < 4.78 is 30.0. The zero-order valence-electron chi connectivity index (χ0n) is 14.1. The molecule has 1 aromatic heterocycles. The molecule has 2 rings (SSSR count). The Labute approximate surface area is 145 Å². The SMILES string of the molecule is C#CC1(/C=C/P(=O)(OCC)OCC)CCC(n2ccc(=O)[nH]c2=O)O1. The van der Waals surface area contributed by atoms with Gasteiger partial charge in [0.25, 0.3) is 5.56 Å². The van der Waals surface area contributed by atoms with Crippen LogP contribution in [-0.2, 0) is 18.3 Å². The molecule has 2 atom stereocenters. The van der Waals surface area contributed by atoms with Crippen molar-refractivity contribution in [1.82, 2.24) is 9.55 Å². The van der Waals surface area contributed by atoms with Crippen molar-refractivity contribution in [2.45, 2.75) is 38.5 Å². The summed E-state index contributed by atoms with van der Waals surface area (Å²) in [7, 11) is -3.41. The fraction of sp³-hybridized carbons (Fsp3) is 0.500. The number of nitrogens with one attached hydrogen (secondary N) is 1. The van der Waals surface area contributed by atoms with Crippen molar-refractivity contribution in [3.8, 4) is 12.3 Å². The normalized spacial score (nSPS) is 23.8. The molecule has 1 aliphatic heterocycles. The van der Waals surface area contributed by atoms with Crippen LogP contribution in [0.5, 0.6) is 0 Å². The van der Waals surface area contributed by atoms with Gasteiger partial charge in [-0.1, -0.05) is 5.92 Å². The summed E-state index contributed by atoms with van der Waals surface area (Å²) in [5.41, 5.74) is -2.20. The van der Waals surface area contributed by atoms with Crippen molar-refractivity contribution < 1.29 is 18.3 Å². The first-order valence-electron chi connectivity index (χ1n) is 7.93. The number of aromatic nitrogens is 2. The molecule has 9 heteroatoms. The van der Waals surface area contributed by atoms with Gasteiger partial charge in [0.15, 0.2) is 0 Å². The van der Waals surface area contributed by atoms with Gasteiger partial charge in [-0.15, -0.1) is 6.42 Å². The third-order valence-corrected chi connectivity index (χ3v) is 5.41. The van der Waals surface area contributed by atoms with Gasteiger partial charge in [0.2, 0.25) is 0 Å². The van der Waals surface area contributed by atoms with Gasteiger partial charge in [-0.3, -0.25) is 18.9 Å². The zero-order valence-corrected chi connectivity index (χ0v) is 15.0. The molecule has 1 saturated heterocycles. The van der Waals surface area contributed by atoms with Crippen molar-refractivity contribution in [2.75, 3.05) is 13.2 Å². The number of hydrogen-bond acceptors (Lipinski definition) is 6. The number of aromatic amines is 1. The Bertz CT molecular complexity index is 826. The second-order valence-electron chi connectivity index (χ2n) is 5.35. The minimum Gasteiger partial charge on any atom is -0.335 e. The predicted molar refractivity (Wildman–Crippen MR) is 92.2 cm³/mol. The monoisotopic (exact) mass is 368 g/mol. The van der Waals surface area contributed by atoms with E-state index in [0.717, 1.165) is 0 Å². The number of hydrogen-bond donors (Lipinski definition) is 1. The molecule has 2 heterocycles. The molecule has 136 valence electrons. The third kappa shape index (κ3) is 4.59. The van der Waals surface area contributed by atoms with Crippen LogP contribution in [-0.4, -0.2) is 28.4 Å². The summed E-state index contributed by atoms with van der Waals surface area (Å²) in [5.74, 6) is 3.84. The molecule has 0 spiro atoms. The summed E-state index contributed by atoms with van der Waals surface area (Å²) in [4.78, 5) is 25.2. The van der Waals surface area contributed by atoms with Crippen LogP contribution in [0.4, 0.5) is 0 Å². The van der Waals surface area contributed by atoms with Crippen LogP contribution in [0.1, 0.15) is 32.9 Å². The maximum absolute atomic E-state index is 12.5. The van der Waals surface area contributed by atoms with Gasteiger partial charge < -0.3 is 13.8 Å². The van der Waals surface area contributed by atoms with E-state index >= 15 is 0 Å². The molecule has 1 fully saturated rings. The van der Waals surface area contributed by atoms with E-state index in [0.29, 0.717) is 12.8 Å². The fourth-order valence-corrected chi connectivity index (χ4v) is 3.91. The molecule has 0 saturated carbocycles. The quantitative estimate of drug-likeness (QED) is 0.584. The highest BCUT2D eigenvalue weighted by Crippen LogP contribution is 2.51. The van der Waals surface area contributed by atoms with Crippen molar-refractivity contribution in [2.24, 2.45) is 0 Å². The molecular formula is C16H21N2O6P. The van der Waals surface area contributed by atoms with Crippen molar-refractivity contribution in [1.29, 1.82) is 0 Å². The van der Waals surface area contributed by atoms with Gasteiger partial charge in [-0.2, -0.15) is 0 Å². The van der Waals surface area contributed by atoms with E-state index < -0.39 is 30.7 Å². The average molecular weight is 368 g/mol. The average Bonchev–Trinajstić information content (AvgIpc) is 2.98. The van der Waals surface area contributed by atoms with E-state index in [9.17, 15) is 14.2 Å². The minimum absolute atomic E-state index is 0.223. The van der Waals surface area contributed by atoms with Crippen LogP contribution in [0.2, 0.25) is 0 Å². The first kappa shape index (κ1) is 19.4. The Balaban J connectivity index is 2.24. The first-order valence-corrected chi connectivity index (χ1v) is 9.54. The lowest BCUT2D eigenvalue weighted by Crippen LogP contribution is -2.33. The van der Waals surface area contributed by atoms with Crippen LogP contribution >= 0.6 is 7.60 Å². The number of nitrogens with zero attached hydrogens (tertiary/aromatic N) is 1. The van der Waals surface area contributed by atoms with Gasteiger partial charge >= 0.3 is 13.3 Å². The summed E-state index contributed by atoms with van der Waals surface area (Å²) in [6, 6.07) is 1.23. The lowest BCUT2D eigenvalue weighted by atomic mass is 10.0. The minimum atomic E-state index is -3.41. The zero-order chi connectivity index (χ0) is 18.5. The molecule has 1 N–H and O–H groups in total. The summed E-state index contributed by atoms with van der Waals surface area (Å²) in [6.07, 6.45) is 8.67. The maximum atomic E-state index is 12.5. The van der Waals surface area contributed by atoms with Crippen molar-refractivity contribution in [3.05, 3.63) is 45.0 Å². The molecule has 0 radical (unpaired) electrons. The molecule has 0 bridgehead atoms. The Morgan fingerprint density at radius 2 is 2.16 bits per heavy atom. The highest BCUT2D eigenvalue weighted by molar-refractivity contribution is 7.57. The van der Waals surface area contributed by atoms with Crippen LogP contribution in [0.25, 0.3) is 0 Å². The summed E-state index contributed by atoms with van der Waals surface area (Å²) in [5, 5.41) is 0. The smallest absolute Gasteiger partial charge is 0.335 e. The molecule has 1 aromatic rings. The number of H-pyrrole nitrogens is 1. The predicted octanol–water partition coefficient (Wildman–Crippen LogP) is 2.00. The third-order valence-electron chi connectivity index (χ3n) is 3.66. The molecule has 8 nitrogen and oxygen atoms in total. The number of terminal acetylenes is 1. The second kappa shape index (κ2) is 7.98. The van der Waals surface area contributed by atoms with E-state index in [-0.39, 0.29) is 13.2 Å². The van der Waals surface area contributed by atoms with Gasteiger partial charge in [0.1, 0.15) is 11.8 Å². The fourth-order valence-electron chi connectivity index (χ4n) is 2.52. The van der Waals surface area contributed by atoms with Crippen LogP contribution in [0.15, 0.2) is 33.7 Å². The molecule has 0 amide bonds. The molecular weight excluding hydrogens is 347 g/mol. The van der Waals surface area contributed by atoms with Crippen LogP contribution in [0, 0.1) is 12.3 Å². The van der Waals surface area contributed by atoms with Crippen LogP contribution < -0.4 is 11.2 Å². The number of ether oxygens (including phenoxy) is 1. The van der Waals surface area contributed by atoms with Crippen molar-refractivity contribution >= 4 is 7.60 Å². The lowest BCUT2D eigenvalue weighted by Gasteiger charge is -2.21. The lowest BCUT2D eigenvalue weighted by molar-refractivity contribution is -0.0141. The Morgan fingerprint density at radius 3 is 2.72 bits per heavy atom. The Hall–Kier alpha value is -1.91. The maximum Gasteiger partial charge on any atom is 0.353 e. The van der Waals surface area contributed by atoms with Gasteiger partial charge in [-0.25, -0.2) is 4.79 Å². The largest absolute Gasteiger partial charge is 0.353 e. The van der Waals surface area contributed by atoms with E-state index in [1.807, 2.05) is 0 Å². The van der Waals surface area contributed by atoms with Gasteiger partial charge in [0, 0.05) is 18.1 Å². The highest BCUT2D eigenvalue weighted by Gasteiger charge is 2.39. The molecule has 1 aliphatic rings. The van der Waals surface area contributed by atoms with E-state index in [1.165, 1.54) is 28.7 Å². The Kier molecular flexibility index (Phi) is 6.20. The standard InChI is InChI=1S/C16H21N2O6P/c1-4-16(10-12-25(21,22-5-2)23-6-3)9-7-14(24-16)18-11-8-13(19)17-15(18)20/h1,8,10-12,14H,5-7,9H2,2-3H3,(H,17,19,20)/b12-10+. The van der Waals surface area contributed by atoms with Crippen molar-refractivity contribution in [3.63, 3.8) is 0 Å². The highest BCUT2D eigenvalue weighted by atomic mass is 31.2. The molecule has 0 aromatic carbocycles. The second-order valence-corrected chi connectivity index (χ2v) is 7.25. The Morgan fingerprint density at radius 1 is 1.48 bits per heavy atom. The molecule has 25 heavy (non-hydrogen) atoms. The summed E-state index contributed by atoms with van der Waals surface area (Å²) >= 11 is 0. The van der Waals surface area contributed by atoms with E-state index in [2.05, 4.69) is 10.9 Å². The molecule has 2 unspecified atom stereocenters. The summed E-state index contributed by atoms with van der Waals surface area (Å²) in [6.45, 7) is 3.87. The van der Waals surface area contributed by atoms with Crippen LogP contribution in [0.3, 0.4) is 0 Å². The first-order chi connectivity index (χ1) is 11.9. The molecule has 0 aliphatic carbocycles. The topological polar surface area (TPSA) is 99.6 Å². The van der Waals surface area contributed by atoms with Gasteiger partial charge in [-0.05, 0) is 32.8 Å². The number of rotatable bonds is 7. The van der Waals surface area contributed by atoms with E-state index in [1.54, 1.807) is 13.8 Å². The van der Waals surface area contributed by atoms with E-state index in [4.69, 9.17) is 20.2 Å².